The number of nitrogens with one attached hydrogen (secondary N) is 2. The van der Waals surface area contributed by atoms with Crippen molar-refractivity contribution in [1.82, 2.24) is 10.6 Å². The highest BCUT2D eigenvalue weighted by Gasteiger charge is 2.28. The number of benzene rings is 1. The first-order valence-electron chi connectivity index (χ1n) is 9.57. The summed E-state index contributed by atoms with van der Waals surface area (Å²) in [5.74, 6) is 0.588. The molecular formula is C20H26N2O6. The third-order valence-electron chi connectivity index (χ3n) is 5.45. The highest BCUT2D eigenvalue weighted by molar-refractivity contribution is 5.96. The SMILES string of the molecule is C[C@H]1[C@@H](NC(=O)COC(=O)CNC(=O)c2ccc3c(c2)OCO3)CCC[C@@H]1C. The van der Waals surface area contributed by atoms with Crippen molar-refractivity contribution in [2.24, 2.45) is 11.8 Å². The van der Waals surface area contributed by atoms with Crippen LogP contribution in [-0.2, 0) is 14.3 Å². The van der Waals surface area contributed by atoms with Crippen molar-refractivity contribution in [3.8, 4) is 11.5 Å². The monoisotopic (exact) mass is 390 g/mol. The molecule has 1 saturated carbocycles. The summed E-state index contributed by atoms with van der Waals surface area (Å²) in [7, 11) is 0. The number of esters is 1. The van der Waals surface area contributed by atoms with Gasteiger partial charge in [0, 0.05) is 11.6 Å². The summed E-state index contributed by atoms with van der Waals surface area (Å²) in [6, 6.07) is 4.87. The maximum Gasteiger partial charge on any atom is 0.325 e. The molecule has 0 spiro atoms. The summed E-state index contributed by atoms with van der Waals surface area (Å²) in [5.41, 5.74) is 0.343. The summed E-state index contributed by atoms with van der Waals surface area (Å²) in [4.78, 5) is 36.0. The molecule has 28 heavy (non-hydrogen) atoms. The van der Waals surface area contributed by atoms with Gasteiger partial charge in [0.15, 0.2) is 18.1 Å². The summed E-state index contributed by atoms with van der Waals surface area (Å²) in [6.07, 6.45) is 3.20. The van der Waals surface area contributed by atoms with E-state index in [9.17, 15) is 14.4 Å². The second-order valence-electron chi connectivity index (χ2n) is 7.35. The Hall–Kier alpha value is -2.77. The van der Waals surface area contributed by atoms with Crippen molar-refractivity contribution in [3.05, 3.63) is 23.8 Å². The van der Waals surface area contributed by atoms with Gasteiger partial charge in [0.2, 0.25) is 6.79 Å². The molecule has 3 rings (SSSR count). The van der Waals surface area contributed by atoms with E-state index in [1.807, 2.05) is 0 Å². The Morgan fingerprint density at radius 3 is 2.75 bits per heavy atom. The van der Waals surface area contributed by atoms with Gasteiger partial charge in [-0.1, -0.05) is 26.7 Å². The van der Waals surface area contributed by atoms with Crippen molar-refractivity contribution in [3.63, 3.8) is 0 Å². The van der Waals surface area contributed by atoms with Gasteiger partial charge < -0.3 is 24.8 Å². The van der Waals surface area contributed by atoms with Gasteiger partial charge in [0.25, 0.3) is 11.8 Å². The van der Waals surface area contributed by atoms with Gasteiger partial charge in [-0.15, -0.1) is 0 Å². The van der Waals surface area contributed by atoms with Gasteiger partial charge in [0.05, 0.1) is 0 Å². The average molecular weight is 390 g/mol. The summed E-state index contributed by atoms with van der Waals surface area (Å²) >= 11 is 0. The molecule has 1 fully saturated rings. The number of carbonyl (C=O) groups is 3. The third-order valence-corrected chi connectivity index (χ3v) is 5.45. The Labute approximate surface area is 163 Å². The van der Waals surface area contributed by atoms with Gasteiger partial charge >= 0.3 is 5.97 Å². The minimum Gasteiger partial charge on any atom is -0.454 e. The summed E-state index contributed by atoms with van der Waals surface area (Å²) in [5, 5.41) is 5.41. The lowest BCUT2D eigenvalue weighted by molar-refractivity contribution is -0.147. The fourth-order valence-corrected chi connectivity index (χ4v) is 3.52. The second-order valence-corrected chi connectivity index (χ2v) is 7.35. The molecule has 8 heteroatoms. The Bertz CT molecular complexity index is 750. The molecule has 3 atom stereocenters. The Kier molecular flexibility index (Phi) is 6.38. The number of ether oxygens (including phenoxy) is 3. The minimum atomic E-state index is -0.672. The normalized spacial score (nSPS) is 23.0. The number of hydrogen-bond acceptors (Lipinski definition) is 6. The maximum atomic E-state index is 12.1. The fourth-order valence-electron chi connectivity index (χ4n) is 3.52. The molecule has 1 heterocycles. The second kappa shape index (κ2) is 8.95. The van der Waals surface area contributed by atoms with E-state index in [2.05, 4.69) is 24.5 Å². The Morgan fingerprint density at radius 2 is 1.93 bits per heavy atom. The molecule has 1 aliphatic heterocycles. The predicted molar refractivity (Wildman–Crippen MR) is 100.0 cm³/mol. The third kappa shape index (κ3) is 4.94. The largest absolute Gasteiger partial charge is 0.454 e. The topological polar surface area (TPSA) is 103 Å². The van der Waals surface area contributed by atoms with Crippen LogP contribution in [0.5, 0.6) is 11.5 Å². The van der Waals surface area contributed by atoms with Crippen LogP contribution in [0, 0.1) is 11.8 Å². The number of amides is 2. The van der Waals surface area contributed by atoms with Crippen molar-refractivity contribution in [2.45, 2.75) is 39.2 Å². The molecule has 8 nitrogen and oxygen atoms in total. The predicted octanol–water partition coefficient (Wildman–Crippen LogP) is 1.63. The van der Waals surface area contributed by atoms with Crippen LogP contribution >= 0.6 is 0 Å². The minimum absolute atomic E-state index is 0.112. The standard InChI is InChI=1S/C20H26N2O6/c1-12-4-3-5-15(13(12)2)22-18(23)10-26-19(24)9-21-20(25)14-6-7-16-17(8-14)28-11-27-16/h6-8,12-13,15H,3-5,9-11H2,1-2H3,(H,21,25)(H,22,23)/t12-,13+,15-/m0/s1. The fraction of sp³-hybridized carbons (Fsp3) is 0.550. The lowest BCUT2D eigenvalue weighted by Gasteiger charge is -2.34. The lowest BCUT2D eigenvalue weighted by Crippen LogP contribution is -2.45. The van der Waals surface area contributed by atoms with E-state index in [0.29, 0.717) is 28.9 Å². The van der Waals surface area contributed by atoms with Crippen LogP contribution in [0.1, 0.15) is 43.5 Å². The van der Waals surface area contributed by atoms with Crippen molar-refractivity contribution in [1.29, 1.82) is 0 Å². The van der Waals surface area contributed by atoms with Crippen LogP contribution in [-0.4, -0.2) is 43.8 Å². The van der Waals surface area contributed by atoms with E-state index in [-0.39, 0.29) is 31.9 Å². The summed E-state index contributed by atoms with van der Waals surface area (Å²) < 4.78 is 15.4. The molecule has 0 saturated heterocycles. The highest BCUT2D eigenvalue weighted by Crippen LogP contribution is 2.32. The molecule has 1 aromatic carbocycles. The number of carbonyl (C=O) groups excluding carboxylic acids is 3. The van der Waals surface area contributed by atoms with E-state index >= 15 is 0 Å². The van der Waals surface area contributed by atoms with Gasteiger partial charge in [-0.05, 0) is 36.5 Å². The van der Waals surface area contributed by atoms with Gasteiger partial charge in [0.1, 0.15) is 6.54 Å². The van der Waals surface area contributed by atoms with Crippen molar-refractivity contribution >= 4 is 17.8 Å². The van der Waals surface area contributed by atoms with Crippen LogP contribution in [0.3, 0.4) is 0 Å². The Morgan fingerprint density at radius 1 is 1.14 bits per heavy atom. The molecular weight excluding hydrogens is 364 g/mol. The van der Waals surface area contributed by atoms with E-state index in [1.54, 1.807) is 18.2 Å². The smallest absolute Gasteiger partial charge is 0.325 e. The van der Waals surface area contributed by atoms with Crippen LogP contribution in [0.15, 0.2) is 18.2 Å². The first kappa shape index (κ1) is 20.0. The first-order chi connectivity index (χ1) is 13.4. The van der Waals surface area contributed by atoms with Gasteiger partial charge in [-0.3, -0.25) is 14.4 Å². The number of hydrogen-bond donors (Lipinski definition) is 2. The molecule has 0 aromatic heterocycles. The van der Waals surface area contributed by atoms with Crippen molar-refractivity contribution < 1.29 is 28.6 Å². The van der Waals surface area contributed by atoms with Crippen LogP contribution in [0.4, 0.5) is 0 Å². The molecule has 1 aromatic rings. The molecule has 152 valence electrons. The maximum absolute atomic E-state index is 12.1. The summed E-state index contributed by atoms with van der Waals surface area (Å²) in [6.45, 7) is 3.76. The van der Waals surface area contributed by atoms with E-state index < -0.39 is 11.9 Å². The first-order valence-corrected chi connectivity index (χ1v) is 9.57. The van der Waals surface area contributed by atoms with Crippen LogP contribution in [0.25, 0.3) is 0 Å². The zero-order valence-electron chi connectivity index (χ0n) is 16.2. The number of rotatable bonds is 6. The quantitative estimate of drug-likeness (QED) is 0.716. The highest BCUT2D eigenvalue weighted by atomic mass is 16.7. The molecule has 2 N–H and O–H groups in total. The van der Waals surface area contributed by atoms with Gasteiger partial charge in [-0.25, -0.2) is 0 Å². The van der Waals surface area contributed by atoms with Crippen LogP contribution in [0.2, 0.25) is 0 Å². The Balaban J connectivity index is 1.38. The van der Waals surface area contributed by atoms with E-state index in [1.165, 1.54) is 6.42 Å². The zero-order valence-corrected chi connectivity index (χ0v) is 16.2. The molecule has 2 aliphatic rings. The average Bonchev–Trinajstić information content (AvgIpc) is 3.16. The molecule has 0 radical (unpaired) electrons. The molecule has 1 aliphatic carbocycles. The van der Waals surface area contributed by atoms with Gasteiger partial charge in [-0.2, -0.15) is 0 Å². The van der Waals surface area contributed by atoms with Crippen molar-refractivity contribution in [2.75, 3.05) is 19.9 Å². The molecule has 0 bridgehead atoms. The van der Waals surface area contributed by atoms with Crippen LogP contribution < -0.4 is 20.1 Å². The van der Waals surface area contributed by atoms with E-state index in [0.717, 1.165) is 12.8 Å². The molecule has 0 unspecified atom stereocenters. The number of fused-ring (bicyclic) bond motifs is 1. The zero-order chi connectivity index (χ0) is 20.1. The molecule has 2 amide bonds. The lowest BCUT2D eigenvalue weighted by atomic mass is 9.78. The van der Waals surface area contributed by atoms with E-state index in [4.69, 9.17) is 14.2 Å².